The van der Waals surface area contributed by atoms with Crippen LogP contribution in [0.25, 0.3) is 0 Å². The molecule has 1 N–H and O–H groups in total. The summed E-state index contributed by atoms with van der Waals surface area (Å²) in [4.78, 5) is 6.68. The fraction of sp³-hybridized carbons (Fsp3) is 0.667. The Bertz CT molecular complexity index is 597. The lowest BCUT2D eigenvalue weighted by Gasteiger charge is -2.35. The highest BCUT2D eigenvalue weighted by Crippen LogP contribution is 2.18. The second-order valence-corrected chi connectivity index (χ2v) is 7.36. The average molecular weight is 378 g/mol. The Labute approximate surface area is 161 Å². The van der Waals surface area contributed by atoms with Gasteiger partial charge in [-0.1, -0.05) is 12.1 Å². The van der Waals surface area contributed by atoms with Crippen molar-refractivity contribution in [3.63, 3.8) is 0 Å². The summed E-state index contributed by atoms with van der Waals surface area (Å²) in [5.74, 6) is 0.734. The van der Waals surface area contributed by atoms with E-state index in [-0.39, 0.29) is 11.9 Å². The molecule has 1 unspecified atom stereocenters. The Morgan fingerprint density at radius 3 is 2.85 bits per heavy atom. The third-order valence-corrected chi connectivity index (χ3v) is 5.33. The largest absolute Gasteiger partial charge is 0.376 e. The molecule has 0 spiro atoms. The number of likely N-dealkylation sites (tertiary alicyclic amines) is 1. The van der Waals surface area contributed by atoms with Gasteiger partial charge in [-0.05, 0) is 56.2 Å². The summed E-state index contributed by atoms with van der Waals surface area (Å²) in [6, 6.07) is 6.76. The molecule has 27 heavy (non-hydrogen) atoms. The van der Waals surface area contributed by atoms with Crippen molar-refractivity contribution in [3.05, 3.63) is 35.6 Å². The molecular weight excluding hydrogens is 345 g/mol. The number of nitrogens with one attached hydrogen (secondary N) is 1. The maximum Gasteiger partial charge on any atom is 0.193 e. The van der Waals surface area contributed by atoms with Gasteiger partial charge in [-0.25, -0.2) is 4.39 Å². The van der Waals surface area contributed by atoms with E-state index in [1.807, 2.05) is 13.1 Å². The van der Waals surface area contributed by atoms with E-state index in [9.17, 15) is 4.39 Å². The minimum absolute atomic E-state index is 0.183. The highest BCUT2D eigenvalue weighted by Gasteiger charge is 2.23. The highest BCUT2D eigenvalue weighted by molar-refractivity contribution is 5.79. The molecule has 0 aromatic heterocycles. The molecule has 0 radical (unpaired) electrons. The van der Waals surface area contributed by atoms with Crippen molar-refractivity contribution in [1.29, 1.82) is 0 Å². The number of rotatable bonds is 6. The van der Waals surface area contributed by atoms with E-state index in [1.165, 1.54) is 18.9 Å². The molecule has 150 valence electrons. The molecule has 2 aliphatic heterocycles. The van der Waals surface area contributed by atoms with Gasteiger partial charge in [0.1, 0.15) is 5.82 Å². The fourth-order valence-electron chi connectivity index (χ4n) is 3.76. The van der Waals surface area contributed by atoms with Gasteiger partial charge in [0, 0.05) is 33.3 Å². The first-order valence-corrected chi connectivity index (χ1v) is 10.2. The van der Waals surface area contributed by atoms with E-state index in [4.69, 9.17) is 9.47 Å². The average Bonchev–Trinajstić information content (AvgIpc) is 2.71. The third-order valence-electron chi connectivity index (χ3n) is 5.33. The highest BCUT2D eigenvalue weighted by atomic mass is 19.1. The van der Waals surface area contributed by atoms with E-state index in [0.717, 1.165) is 70.1 Å². The Balaban J connectivity index is 1.35. The lowest BCUT2D eigenvalue weighted by atomic mass is 10.1. The van der Waals surface area contributed by atoms with Gasteiger partial charge >= 0.3 is 0 Å². The molecule has 1 aromatic rings. The van der Waals surface area contributed by atoms with E-state index in [0.29, 0.717) is 6.10 Å². The molecule has 0 saturated carbocycles. The molecule has 2 saturated heterocycles. The molecule has 1 atom stereocenters. The first kappa shape index (κ1) is 20.1. The van der Waals surface area contributed by atoms with Gasteiger partial charge in [0.05, 0.1) is 18.8 Å². The number of piperidine rings is 1. The number of hydrogen-bond donors (Lipinski definition) is 1. The van der Waals surface area contributed by atoms with Gasteiger partial charge in [-0.2, -0.15) is 0 Å². The minimum atomic E-state index is -0.183. The standard InChI is InChI=1S/C21H32FN3O2/c1-23-21(24-11-8-17-5-4-6-18(22)15-17)25-12-9-19(10-13-25)27-16-20-7-2-3-14-26-20/h4-6,15,19-20H,2-3,7-14,16H2,1H3,(H,23,24). The number of hydrogen-bond acceptors (Lipinski definition) is 3. The summed E-state index contributed by atoms with van der Waals surface area (Å²) >= 11 is 0. The van der Waals surface area contributed by atoms with Gasteiger partial charge in [0.2, 0.25) is 0 Å². The Kier molecular flexibility index (Phi) is 7.90. The van der Waals surface area contributed by atoms with Crippen molar-refractivity contribution in [2.45, 2.75) is 50.7 Å². The second kappa shape index (κ2) is 10.6. The molecule has 5 nitrogen and oxygen atoms in total. The van der Waals surface area contributed by atoms with E-state index in [2.05, 4.69) is 15.2 Å². The number of nitrogens with zero attached hydrogens (tertiary/aromatic N) is 2. The zero-order chi connectivity index (χ0) is 18.9. The van der Waals surface area contributed by atoms with Crippen molar-refractivity contribution >= 4 is 5.96 Å². The molecule has 2 heterocycles. The molecule has 3 rings (SSSR count). The molecule has 6 heteroatoms. The third kappa shape index (κ3) is 6.47. The van der Waals surface area contributed by atoms with E-state index >= 15 is 0 Å². The Hall–Kier alpha value is -1.66. The van der Waals surface area contributed by atoms with Gasteiger partial charge < -0.3 is 19.7 Å². The van der Waals surface area contributed by atoms with Crippen LogP contribution in [0.2, 0.25) is 0 Å². The van der Waals surface area contributed by atoms with Gasteiger partial charge in [0.15, 0.2) is 5.96 Å². The first-order chi connectivity index (χ1) is 13.2. The van der Waals surface area contributed by atoms with Crippen LogP contribution in [0, 0.1) is 5.82 Å². The molecule has 0 bridgehead atoms. The number of aliphatic imine (C=N–C) groups is 1. The topological polar surface area (TPSA) is 46.1 Å². The molecule has 2 aliphatic rings. The normalized spacial score (nSPS) is 22.1. The van der Waals surface area contributed by atoms with Gasteiger partial charge in [-0.15, -0.1) is 0 Å². The van der Waals surface area contributed by atoms with Crippen LogP contribution in [0.1, 0.15) is 37.7 Å². The van der Waals surface area contributed by atoms with Crippen molar-refractivity contribution < 1.29 is 13.9 Å². The van der Waals surface area contributed by atoms with Crippen molar-refractivity contribution in [3.8, 4) is 0 Å². The smallest absolute Gasteiger partial charge is 0.193 e. The number of guanidine groups is 1. The van der Waals surface area contributed by atoms with E-state index < -0.39 is 0 Å². The Morgan fingerprint density at radius 1 is 1.30 bits per heavy atom. The number of halogens is 1. The van der Waals surface area contributed by atoms with Crippen LogP contribution in [0.4, 0.5) is 4.39 Å². The number of benzene rings is 1. The predicted octanol–water partition coefficient (Wildman–Crippen LogP) is 2.99. The fourth-order valence-corrected chi connectivity index (χ4v) is 3.76. The monoisotopic (exact) mass is 377 g/mol. The minimum Gasteiger partial charge on any atom is -0.376 e. The van der Waals surface area contributed by atoms with E-state index in [1.54, 1.807) is 12.1 Å². The zero-order valence-electron chi connectivity index (χ0n) is 16.3. The lowest BCUT2D eigenvalue weighted by molar-refractivity contribution is -0.0721. The van der Waals surface area contributed by atoms with Crippen LogP contribution in [0.3, 0.4) is 0 Å². The molecule has 2 fully saturated rings. The zero-order valence-corrected chi connectivity index (χ0v) is 16.3. The molecule has 0 aliphatic carbocycles. The summed E-state index contributed by atoms with van der Waals surface area (Å²) < 4.78 is 25.1. The van der Waals surface area contributed by atoms with Gasteiger partial charge in [-0.3, -0.25) is 4.99 Å². The SMILES string of the molecule is CN=C(NCCc1cccc(F)c1)N1CCC(OCC2CCCCO2)CC1. The van der Waals surface area contributed by atoms with Crippen LogP contribution in [-0.2, 0) is 15.9 Å². The lowest BCUT2D eigenvalue weighted by Crippen LogP contribution is -2.47. The summed E-state index contributed by atoms with van der Waals surface area (Å²) in [6.07, 6.45) is 6.96. The van der Waals surface area contributed by atoms with Crippen LogP contribution < -0.4 is 5.32 Å². The quantitative estimate of drug-likeness (QED) is 0.612. The van der Waals surface area contributed by atoms with Crippen LogP contribution in [-0.4, -0.2) is 63.0 Å². The molecular formula is C21H32FN3O2. The number of ether oxygens (including phenoxy) is 2. The van der Waals surface area contributed by atoms with Crippen molar-refractivity contribution in [1.82, 2.24) is 10.2 Å². The van der Waals surface area contributed by atoms with Crippen LogP contribution in [0.15, 0.2) is 29.3 Å². The van der Waals surface area contributed by atoms with Crippen molar-refractivity contribution in [2.75, 3.05) is 39.9 Å². The summed E-state index contributed by atoms with van der Waals surface area (Å²) in [5.41, 5.74) is 0.995. The maximum atomic E-state index is 13.3. The molecule has 1 aromatic carbocycles. The second-order valence-electron chi connectivity index (χ2n) is 7.36. The maximum absolute atomic E-state index is 13.3. The Morgan fingerprint density at radius 2 is 2.15 bits per heavy atom. The summed E-state index contributed by atoms with van der Waals surface area (Å²) in [7, 11) is 1.81. The van der Waals surface area contributed by atoms with Crippen molar-refractivity contribution in [2.24, 2.45) is 4.99 Å². The summed E-state index contributed by atoms with van der Waals surface area (Å²) in [6.45, 7) is 4.23. The molecule has 0 amide bonds. The van der Waals surface area contributed by atoms with Gasteiger partial charge in [0.25, 0.3) is 0 Å². The first-order valence-electron chi connectivity index (χ1n) is 10.2. The predicted molar refractivity (Wildman–Crippen MR) is 106 cm³/mol. The van der Waals surface area contributed by atoms with Crippen LogP contribution >= 0.6 is 0 Å². The van der Waals surface area contributed by atoms with Crippen LogP contribution in [0.5, 0.6) is 0 Å². The summed E-state index contributed by atoms with van der Waals surface area (Å²) in [5, 5.41) is 3.40.